The molecular formula is C26H45N2O11. The lowest BCUT2D eigenvalue weighted by molar-refractivity contribution is -0.142. The fraction of sp³-hybridized carbons (Fsp3) is 0.808. The third-order valence-electron chi connectivity index (χ3n) is 5.37. The molecule has 1 atom stereocenters. The molecule has 0 aliphatic carbocycles. The van der Waals surface area contributed by atoms with Crippen LogP contribution >= 0.6 is 0 Å². The van der Waals surface area contributed by atoms with E-state index >= 15 is 0 Å². The Morgan fingerprint density at radius 3 is 1.69 bits per heavy atom. The van der Waals surface area contributed by atoms with Gasteiger partial charge in [-0.1, -0.05) is 25.7 Å². The van der Waals surface area contributed by atoms with Gasteiger partial charge in [-0.3, -0.25) is 19.2 Å². The molecule has 0 saturated carbocycles. The topological polar surface area (TPSA) is 187 Å². The molecular weight excluding hydrogens is 516 g/mol. The van der Waals surface area contributed by atoms with Crippen molar-refractivity contribution in [2.75, 3.05) is 59.4 Å². The van der Waals surface area contributed by atoms with Crippen molar-refractivity contribution < 1.29 is 53.1 Å². The van der Waals surface area contributed by atoms with E-state index in [-0.39, 0.29) is 44.8 Å². The highest BCUT2D eigenvalue weighted by molar-refractivity contribution is 5.83. The van der Waals surface area contributed by atoms with Crippen LogP contribution in [0.5, 0.6) is 0 Å². The second-order valence-electron chi connectivity index (χ2n) is 8.71. The summed E-state index contributed by atoms with van der Waals surface area (Å²) in [5.74, 6) is -2.42. The minimum atomic E-state index is -1.20. The smallest absolute Gasteiger partial charge is 0.326 e. The predicted octanol–water partition coefficient (Wildman–Crippen LogP) is 1.22. The van der Waals surface area contributed by atoms with Crippen LogP contribution in [0.15, 0.2) is 0 Å². The maximum Gasteiger partial charge on any atom is 0.326 e. The predicted molar refractivity (Wildman–Crippen MR) is 140 cm³/mol. The minimum Gasteiger partial charge on any atom is -0.481 e. The molecule has 0 aromatic carbocycles. The first-order valence-electron chi connectivity index (χ1n) is 13.5. The first-order chi connectivity index (χ1) is 18.9. The van der Waals surface area contributed by atoms with Crippen molar-refractivity contribution >= 4 is 30.0 Å². The highest BCUT2D eigenvalue weighted by Crippen LogP contribution is 2.08. The van der Waals surface area contributed by atoms with Crippen LogP contribution in [0.2, 0.25) is 0 Å². The summed E-state index contributed by atoms with van der Waals surface area (Å²) in [4.78, 5) is 55.1. The molecule has 2 amide bonds. The van der Waals surface area contributed by atoms with E-state index < -0.39 is 23.9 Å². The van der Waals surface area contributed by atoms with Gasteiger partial charge in [0.2, 0.25) is 11.8 Å². The van der Waals surface area contributed by atoms with Crippen molar-refractivity contribution in [2.45, 2.75) is 76.7 Å². The van der Waals surface area contributed by atoms with Gasteiger partial charge in [0.25, 0.3) is 0 Å². The molecule has 1 unspecified atom stereocenters. The SMILES string of the molecule is O=[C]CCC(NC(=O)CCOCCOCCOCCOCCNC(=O)CCCCCCCCC(=O)O)C(=O)O. The fourth-order valence-electron chi connectivity index (χ4n) is 3.27. The first kappa shape index (κ1) is 36.4. The summed E-state index contributed by atoms with van der Waals surface area (Å²) in [5.41, 5.74) is 0. The van der Waals surface area contributed by atoms with Crippen LogP contribution < -0.4 is 10.6 Å². The standard InChI is InChI=1S/C26H45N2O11/c29-13-7-8-22(26(34)35)28-24(31)11-14-36-16-18-38-20-21-39-19-17-37-15-12-27-23(30)9-5-3-1-2-4-6-10-25(32)33/h22H,1-12,14-21H2,(H,27,30)(H,28,31)(H,32,33)(H,34,35). The van der Waals surface area contributed by atoms with Gasteiger partial charge >= 0.3 is 11.9 Å². The zero-order chi connectivity index (χ0) is 29.0. The first-order valence-corrected chi connectivity index (χ1v) is 13.5. The monoisotopic (exact) mass is 561 g/mol. The summed E-state index contributed by atoms with van der Waals surface area (Å²) < 4.78 is 21.4. The number of aliphatic carboxylic acids is 2. The van der Waals surface area contributed by atoms with Crippen molar-refractivity contribution in [2.24, 2.45) is 0 Å². The summed E-state index contributed by atoms with van der Waals surface area (Å²) in [6.07, 6.45) is 7.65. The molecule has 39 heavy (non-hydrogen) atoms. The molecule has 0 saturated heterocycles. The van der Waals surface area contributed by atoms with Gasteiger partial charge < -0.3 is 39.8 Å². The lowest BCUT2D eigenvalue weighted by Gasteiger charge is -2.13. The summed E-state index contributed by atoms with van der Waals surface area (Å²) >= 11 is 0. The number of nitrogens with one attached hydrogen (secondary N) is 2. The lowest BCUT2D eigenvalue weighted by Crippen LogP contribution is -2.41. The van der Waals surface area contributed by atoms with E-state index in [4.69, 9.17) is 29.2 Å². The van der Waals surface area contributed by atoms with Crippen molar-refractivity contribution in [3.05, 3.63) is 0 Å². The maximum absolute atomic E-state index is 11.8. The largest absolute Gasteiger partial charge is 0.481 e. The molecule has 0 spiro atoms. The van der Waals surface area contributed by atoms with Gasteiger partial charge in [0.15, 0.2) is 6.29 Å². The molecule has 225 valence electrons. The number of carboxylic acids is 2. The summed E-state index contributed by atoms with van der Waals surface area (Å²) in [6.45, 7) is 3.12. The van der Waals surface area contributed by atoms with E-state index in [2.05, 4.69) is 10.6 Å². The molecule has 0 bridgehead atoms. The third-order valence-corrected chi connectivity index (χ3v) is 5.37. The molecule has 0 aromatic rings. The van der Waals surface area contributed by atoms with E-state index in [0.717, 1.165) is 32.1 Å². The quantitative estimate of drug-likeness (QED) is 0.0962. The van der Waals surface area contributed by atoms with Crippen LogP contribution in [0.25, 0.3) is 0 Å². The highest BCUT2D eigenvalue weighted by Gasteiger charge is 2.19. The van der Waals surface area contributed by atoms with E-state index in [1.165, 1.54) is 0 Å². The van der Waals surface area contributed by atoms with E-state index in [1.54, 1.807) is 6.29 Å². The van der Waals surface area contributed by atoms with Crippen molar-refractivity contribution in [1.82, 2.24) is 10.6 Å². The van der Waals surface area contributed by atoms with Crippen LogP contribution in [0.4, 0.5) is 0 Å². The summed E-state index contributed by atoms with van der Waals surface area (Å²) in [6, 6.07) is -1.12. The Kier molecular flexibility index (Phi) is 25.2. The van der Waals surface area contributed by atoms with E-state index in [0.29, 0.717) is 59.0 Å². The fourth-order valence-corrected chi connectivity index (χ4v) is 3.27. The van der Waals surface area contributed by atoms with Gasteiger partial charge in [0.1, 0.15) is 6.04 Å². The Labute approximate surface area is 230 Å². The Bertz CT molecular complexity index is 676. The number of carboxylic acid groups (broad SMARTS) is 2. The zero-order valence-electron chi connectivity index (χ0n) is 22.8. The third kappa shape index (κ3) is 26.8. The van der Waals surface area contributed by atoms with Crippen LogP contribution in [0.3, 0.4) is 0 Å². The van der Waals surface area contributed by atoms with Crippen LogP contribution in [-0.4, -0.2) is 106 Å². The van der Waals surface area contributed by atoms with Gasteiger partial charge in [-0.25, -0.2) is 4.79 Å². The van der Waals surface area contributed by atoms with Crippen LogP contribution in [0, 0.1) is 0 Å². The van der Waals surface area contributed by atoms with Crippen molar-refractivity contribution in [3.8, 4) is 0 Å². The number of rotatable bonds is 29. The Morgan fingerprint density at radius 2 is 1.15 bits per heavy atom. The second-order valence-corrected chi connectivity index (χ2v) is 8.71. The molecule has 0 aliphatic heterocycles. The average molecular weight is 562 g/mol. The number of carbonyl (C=O) groups is 4. The second kappa shape index (κ2) is 27.0. The molecule has 0 fully saturated rings. The number of hydrogen-bond acceptors (Lipinski definition) is 9. The van der Waals surface area contributed by atoms with Gasteiger partial charge in [-0.05, 0) is 19.3 Å². The number of ether oxygens (including phenoxy) is 4. The molecule has 4 N–H and O–H groups in total. The summed E-state index contributed by atoms with van der Waals surface area (Å²) in [5, 5.41) is 22.7. The molecule has 0 aliphatic rings. The van der Waals surface area contributed by atoms with Crippen molar-refractivity contribution in [3.63, 3.8) is 0 Å². The number of unbranched alkanes of at least 4 members (excludes halogenated alkanes) is 5. The highest BCUT2D eigenvalue weighted by atomic mass is 16.6. The molecule has 0 aromatic heterocycles. The maximum atomic E-state index is 11.8. The number of carbonyl (C=O) groups excluding carboxylic acids is 3. The Morgan fingerprint density at radius 1 is 0.641 bits per heavy atom. The van der Waals surface area contributed by atoms with Crippen LogP contribution in [0.1, 0.15) is 70.6 Å². The Balaban J connectivity index is 3.36. The minimum absolute atomic E-state index is 0.000193. The summed E-state index contributed by atoms with van der Waals surface area (Å²) in [7, 11) is 0. The number of amides is 2. The normalized spacial score (nSPS) is 11.6. The molecule has 13 nitrogen and oxygen atoms in total. The van der Waals surface area contributed by atoms with Crippen molar-refractivity contribution in [1.29, 1.82) is 0 Å². The zero-order valence-corrected chi connectivity index (χ0v) is 22.8. The molecule has 0 rings (SSSR count). The molecule has 1 radical (unpaired) electrons. The molecule has 0 heterocycles. The molecule has 13 heteroatoms. The average Bonchev–Trinajstić information content (AvgIpc) is 2.89. The van der Waals surface area contributed by atoms with Gasteiger partial charge in [0, 0.05) is 32.2 Å². The lowest BCUT2D eigenvalue weighted by atomic mass is 10.1. The van der Waals surface area contributed by atoms with E-state index in [1.807, 2.05) is 0 Å². The van der Waals surface area contributed by atoms with Gasteiger partial charge in [-0.15, -0.1) is 0 Å². The van der Waals surface area contributed by atoms with E-state index in [9.17, 15) is 24.0 Å². The van der Waals surface area contributed by atoms with Gasteiger partial charge in [0.05, 0.1) is 52.9 Å². The van der Waals surface area contributed by atoms with Crippen LogP contribution in [-0.2, 0) is 42.9 Å². The number of hydrogen-bond donors (Lipinski definition) is 4. The Hall–Kier alpha value is -2.61. The van der Waals surface area contributed by atoms with Gasteiger partial charge in [-0.2, -0.15) is 0 Å².